The third-order valence-electron chi connectivity index (χ3n) is 12.3. The van der Waals surface area contributed by atoms with Crippen molar-refractivity contribution in [3.63, 3.8) is 0 Å². The van der Waals surface area contributed by atoms with E-state index in [0.29, 0.717) is 0 Å². The van der Waals surface area contributed by atoms with Crippen molar-refractivity contribution in [2.24, 2.45) is 0 Å². The average Bonchev–Trinajstić information content (AvgIpc) is 3.84. The second kappa shape index (κ2) is 12.2. The van der Waals surface area contributed by atoms with Gasteiger partial charge < -0.3 is 9.80 Å². The molecule has 0 N–H and O–H groups in total. The number of fused-ring (bicyclic) bond motifs is 6. The lowest BCUT2D eigenvalue weighted by Crippen LogP contribution is -2.13. The first kappa shape index (κ1) is 31.2. The monoisotopic (exact) mass is 712 g/mol. The van der Waals surface area contributed by atoms with E-state index in [4.69, 9.17) is 0 Å². The Morgan fingerprint density at radius 1 is 0.286 bits per heavy atom. The van der Waals surface area contributed by atoms with Gasteiger partial charge in [-0.15, -0.1) is 0 Å². The zero-order valence-electron chi connectivity index (χ0n) is 30.8. The molecule has 12 rings (SSSR count). The molecule has 0 atom stereocenters. The fraction of sp³-hybridized carbons (Fsp3) is 0.0370. The highest BCUT2D eigenvalue weighted by Crippen LogP contribution is 2.51. The highest BCUT2D eigenvalue weighted by molar-refractivity contribution is 6.28. The van der Waals surface area contributed by atoms with Gasteiger partial charge in [-0.05, 0) is 115 Å². The van der Waals surface area contributed by atoms with Crippen molar-refractivity contribution >= 4 is 66.4 Å². The van der Waals surface area contributed by atoms with Crippen molar-refractivity contribution in [3.8, 4) is 22.3 Å². The van der Waals surface area contributed by atoms with Crippen molar-refractivity contribution in [2.75, 3.05) is 9.80 Å². The maximum Gasteiger partial charge on any atom is 0.0540 e. The first-order chi connectivity index (χ1) is 27.8. The molecular formula is C54H36N2. The highest BCUT2D eigenvalue weighted by Gasteiger charge is 2.28. The topological polar surface area (TPSA) is 6.48 Å². The molecular weight excluding hydrogens is 677 g/mol. The van der Waals surface area contributed by atoms with Gasteiger partial charge in [-0.25, -0.2) is 0 Å². The molecule has 262 valence electrons. The van der Waals surface area contributed by atoms with E-state index in [9.17, 15) is 0 Å². The normalized spacial score (nSPS) is 12.5. The van der Waals surface area contributed by atoms with Gasteiger partial charge in [-0.2, -0.15) is 0 Å². The SMILES string of the molecule is c1ccc(N(c2cccc3c2Cc2ccccc2-3)c2ccc3ccc4c(N(c5ccccc5)c5cccc6c5Cc5ccccc5-6)ccc5ccc2c3c54)cc1. The van der Waals surface area contributed by atoms with Crippen LogP contribution in [0.15, 0.2) is 194 Å². The van der Waals surface area contributed by atoms with Crippen LogP contribution in [0.5, 0.6) is 0 Å². The molecule has 0 amide bonds. The standard InChI is InChI=1S/C54H36N2/c1-3-15-39(16-4-1)55(49-23-11-21-43-41-19-9-7-13-37(41)33-47(43)49)51-31-27-35-26-30-46-52(32-28-36-25-29-45(51)53(35)54(36)46)56(40-17-5-2-6-18-40)50-24-12-22-44-42-20-10-8-14-38(42)34-48(44)50/h1-32H,33-34H2. The highest BCUT2D eigenvalue weighted by atomic mass is 15.2. The third kappa shape index (κ3) is 4.56. The molecule has 2 aliphatic rings. The molecule has 0 saturated carbocycles. The van der Waals surface area contributed by atoms with Crippen LogP contribution < -0.4 is 9.80 Å². The van der Waals surface area contributed by atoms with E-state index in [-0.39, 0.29) is 0 Å². The van der Waals surface area contributed by atoms with Gasteiger partial charge in [-0.3, -0.25) is 0 Å². The van der Waals surface area contributed by atoms with Gasteiger partial charge in [-0.1, -0.05) is 146 Å². The van der Waals surface area contributed by atoms with Gasteiger partial charge in [0.15, 0.2) is 0 Å². The molecule has 10 aromatic rings. The number of para-hydroxylation sites is 2. The van der Waals surface area contributed by atoms with E-state index >= 15 is 0 Å². The molecule has 0 saturated heterocycles. The van der Waals surface area contributed by atoms with Crippen LogP contribution in [0.25, 0.3) is 54.6 Å². The lowest BCUT2D eigenvalue weighted by atomic mass is 9.91. The van der Waals surface area contributed by atoms with E-state index in [1.807, 2.05) is 0 Å². The van der Waals surface area contributed by atoms with Crippen LogP contribution in [-0.2, 0) is 12.8 Å². The molecule has 0 spiro atoms. The summed E-state index contributed by atoms with van der Waals surface area (Å²) in [6, 6.07) is 71.9. The van der Waals surface area contributed by atoms with Gasteiger partial charge in [0.25, 0.3) is 0 Å². The second-order valence-corrected chi connectivity index (χ2v) is 15.2. The summed E-state index contributed by atoms with van der Waals surface area (Å²) in [6.45, 7) is 0. The maximum atomic E-state index is 2.50. The quantitative estimate of drug-likeness (QED) is 0.158. The van der Waals surface area contributed by atoms with Crippen molar-refractivity contribution < 1.29 is 0 Å². The van der Waals surface area contributed by atoms with E-state index in [2.05, 4.69) is 204 Å². The van der Waals surface area contributed by atoms with Crippen LogP contribution in [0, 0.1) is 0 Å². The summed E-state index contributed by atoms with van der Waals surface area (Å²) < 4.78 is 0. The van der Waals surface area contributed by atoms with E-state index < -0.39 is 0 Å². The number of rotatable bonds is 6. The van der Waals surface area contributed by atoms with E-state index in [0.717, 1.165) is 24.2 Å². The fourth-order valence-electron chi connectivity index (χ4n) is 9.83. The second-order valence-electron chi connectivity index (χ2n) is 15.2. The lowest BCUT2D eigenvalue weighted by Gasteiger charge is -2.31. The van der Waals surface area contributed by atoms with Gasteiger partial charge in [0.1, 0.15) is 0 Å². The summed E-state index contributed by atoms with van der Waals surface area (Å²) >= 11 is 0. The maximum absolute atomic E-state index is 2.50. The zero-order chi connectivity index (χ0) is 36.7. The first-order valence-corrected chi connectivity index (χ1v) is 19.6. The Hall–Kier alpha value is -7.16. The summed E-state index contributed by atoms with van der Waals surface area (Å²) in [6.07, 6.45) is 1.84. The van der Waals surface area contributed by atoms with Crippen LogP contribution >= 0.6 is 0 Å². The van der Waals surface area contributed by atoms with Crippen LogP contribution in [0.2, 0.25) is 0 Å². The molecule has 2 nitrogen and oxygen atoms in total. The Morgan fingerprint density at radius 2 is 0.679 bits per heavy atom. The predicted molar refractivity (Wildman–Crippen MR) is 236 cm³/mol. The van der Waals surface area contributed by atoms with Crippen LogP contribution in [0.1, 0.15) is 22.3 Å². The Balaban J connectivity index is 1.10. The molecule has 10 aromatic carbocycles. The summed E-state index contributed by atoms with van der Waals surface area (Å²) in [7, 11) is 0. The minimum Gasteiger partial charge on any atom is -0.310 e. The van der Waals surface area contributed by atoms with Crippen molar-refractivity contribution in [1.82, 2.24) is 0 Å². The lowest BCUT2D eigenvalue weighted by molar-refractivity contribution is 1.20. The predicted octanol–water partition coefficient (Wildman–Crippen LogP) is 14.7. The summed E-state index contributed by atoms with van der Waals surface area (Å²) in [5.41, 5.74) is 18.0. The summed E-state index contributed by atoms with van der Waals surface area (Å²) in [4.78, 5) is 5.00. The summed E-state index contributed by atoms with van der Waals surface area (Å²) in [5, 5.41) is 7.60. The van der Waals surface area contributed by atoms with Crippen LogP contribution in [0.4, 0.5) is 34.1 Å². The van der Waals surface area contributed by atoms with Crippen LogP contribution in [0.3, 0.4) is 0 Å². The van der Waals surface area contributed by atoms with Crippen LogP contribution in [-0.4, -0.2) is 0 Å². The number of anilines is 6. The molecule has 0 fully saturated rings. The average molecular weight is 713 g/mol. The first-order valence-electron chi connectivity index (χ1n) is 19.6. The van der Waals surface area contributed by atoms with Gasteiger partial charge in [0, 0.05) is 35.0 Å². The molecule has 0 radical (unpaired) electrons. The molecule has 2 heteroatoms. The number of hydrogen-bond acceptors (Lipinski definition) is 2. The molecule has 0 aliphatic heterocycles. The Labute approximate surface area is 326 Å². The molecule has 0 unspecified atom stereocenters. The Kier molecular flexibility index (Phi) is 6.79. The van der Waals surface area contributed by atoms with Crippen molar-refractivity contribution in [3.05, 3.63) is 216 Å². The Morgan fingerprint density at radius 3 is 1.14 bits per heavy atom. The number of hydrogen-bond donors (Lipinski definition) is 0. The number of benzene rings is 10. The minimum absolute atomic E-state index is 0.920. The minimum atomic E-state index is 0.920. The van der Waals surface area contributed by atoms with Crippen molar-refractivity contribution in [1.29, 1.82) is 0 Å². The molecule has 0 bridgehead atoms. The zero-order valence-corrected chi connectivity index (χ0v) is 30.8. The largest absolute Gasteiger partial charge is 0.310 e. The molecule has 2 aliphatic carbocycles. The number of nitrogens with zero attached hydrogens (tertiary/aromatic N) is 2. The van der Waals surface area contributed by atoms with Gasteiger partial charge >= 0.3 is 0 Å². The fourth-order valence-corrected chi connectivity index (χ4v) is 9.83. The van der Waals surface area contributed by atoms with Crippen molar-refractivity contribution in [2.45, 2.75) is 12.8 Å². The van der Waals surface area contributed by atoms with Gasteiger partial charge in [0.2, 0.25) is 0 Å². The molecule has 0 aromatic heterocycles. The molecule has 56 heavy (non-hydrogen) atoms. The Bertz CT molecular complexity index is 2930. The summed E-state index contributed by atoms with van der Waals surface area (Å²) in [5.74, 6) is 0. The van der Waals surface area contributed by atoms with E-state index in [1.54, 1.807) is 0 Å². The third-order valence-corrected chi connectivity index (χ3v) is 12.3. The van der Waals surface area contributed by atoms with Gasteiger partial charge in [0.05, 0.1) is 22.7 Å². The smallest absolute Gasteiger partial charge is 0.0540 e. The van der Waals surface area contributed by atoms with E-state index in [1.165, 1.54) is 99.6 Å². The molecule has 0 heterocycles.